The van der Waals surface area contributed by atoms with E-state index in [9.17, 15) is 4.39 Å². The lowest BCUT2D eigenvalue weighted by molar-refractivity contribution is 0.634. The Labute approximate surface area is 62.9 Å². The second-order valence-corrected chi connectivity index (χ2v) is 2.09. The van der Waals surface area contributed by atoms with Crippen LogP contribution in [0.2, 0.25) is 5.02 Å². The van der Waals surface area contributed by atoms with Crippen molar-refractivity contribution in [1.29, 1.82) is 0 Å². The summed E-state index contributed by atoms with van der Waals surface area (Å²) >= 11 is 5.37. The Morgan fingerprint density at radius 3 is 2.70 bits per heavy atom. The molecule has 3 heteroatoms. The smallest absolute Gasteiger partial charge is 0.223 e. The van der Waals surface area contributed by atoms with E-state index in [2.05, 4.69) is 4.85 Å². The summed E-state index contributed by atoms with van der Waals surface area (Å²) in [6.07, 6.45) is 0. The zero-order valence-electron chi connectivity index (χ0n) is 4.94. The van der Waals surface area contributed by atoms with Crippen LogP contribution in [0.1, 0.15) is 0 Å². The van der Waals surface area contributed by atoms with E-state index in [4.69, 9.17) is 18.2 Å². The van der Waals surface area contributed by atoms with Gasteiger partial charge in [-0.05, 0) is 6.07 Å². The third kappa shape index (κ3) is 1.09. The van der Waals surface area contributed by atoms with Gasteiger partial charge >= 0.3 is 0 Å². The van der Waals surface area contributed by atoms with Gasteiger partial charge in [0.05, 0.1) is 11.6 Å². The number of hydrogen-bond donors (Lipinski definition) is 0. The summed E-state index contributed by atoms with van der Waals surface area (Å²) in [5, 5.41) is -0.00602. The van der Waals surface area contributed by atoms with Crippen LogP contribution in [0.5, 0.6) is 0 Å². The van der Waals surface area contributed by atoms with E-state index in [1.165, 1.54) is 12.1 Å². The molecule has 0 N–H and O–H groups in total. The maximum atomic E-state index is 12.7. The fourth-order valence-corrected chi connectivity index (χ4v) is 0.748. The lowest BCUT2D eigenvalue weighted by atomic mass is 10.3. The highest BCUT2D eigenvalue weighted by Crippen LogP contribution is 2.23. The quantitative estimate of drug-likeness (QED) is 0.508. The predicted octanol–water partition coefficient (Wildman–Crippen LogP) is 3.03. The summed E-state index contributed by atoms with van der Waals surface area (Å²) < 4.78 is 12.7. The van der Waals surface area contributed by atoms with E-state index in [1.807, 2.05) is 0 Å². The Hall–Kier alpha value is -1.07. The van der Waals surface area contributed by atoms with Crippen molar-refractivity contribution in [3.8, 4) is 0 Å². The molecule has 0 atom stereocenters. The van der Waals surface area contributed by atoms with Gasteiger partial charge in [-0.25, -0.2) is 9.24 Å². The maximum Gasteiger partial charge on any atom is 0.223 e. The molecule has 0 aliphatic carbocycles. The average molecular weight is 156 g/mol. The zero-order chi connectivity index (χ0) is 7.56. The first-order chi connectivity index (χ1) is 4.75. The topological polar surface area (TPSA) is 4.36 Å². The van der Waals surface area contributed by atoms with E-state index >= 15 is 0 Å². The monoisotopic (exact) mass is 155 g/mol. The summed E-state index contributed by atoms with van der Waals surface area (Å²) in [5.74, 6) is -0.640. The second kappa shape index (κ2) is 2.68. The third-order valence-electron chi connectivity index (χ3n) is 1.05. The first kappa shape index (κ1) is 7.04. The average Bonchev–Trinajstić information content (AvgIpc) is 1.95. The molecule has 1 aromatic rings. The molecule has 1 aromatic carbocycles. The Kier molecular flexibility index (Phi) is 1.88. The summed E-state index contributed by atoms with van der Waals surface area (Å²) in [5.41, 5.74) is -0.0347. The molecule has 10 heavy (non-hydrogen) atoms. The number of halogens is 2. The Balaban J connectivity index is 3.31. The SMILES string of the molecule is [C-]#[N+]c1cccc(Cl)c1F. The molecule has 0 amide bonds. The van der Waals surface area contributed by atoms with Crippen molar-refractivity contribution in [3.63, 3.8) is 0 Å². The molecule has 0 heterocycles. The Morgan fingerprint density at radius 2 is 2.20 bits per heavy atom. The minimum atomic E-state index is -0.640. The van der Waals surface area contributed by atoms with E-state index in [0.29, 0.717) is 0 Å². The van der Waals surface area contributed by atoms with Gasteiger partial charge < -0.3 is 0 Å². The standard InChI is InChI=1S/C7H3ClFN/c1-10-6-4-2-3-5(8)7(6)9/h2-4H. The summed E-state index contributed by atoms with van der Waals surface area (Å²) in [6, 6.07) is 4.33. The summed E-state index contributed by atoms with van der Waals surface area (Å²) in [4.78, 5) is 2.92. The van der Waals surface area contributed by atoms with Crippen LogP contribution >= 0.6 is 11.6 Å². The van der Waals surface area contributed by atoms with Crippen molar-refractivity contribution in [2.75, 3.05) is 0 Å². The lowest BCUT2D eigenvalue weighted by Gasteiger charge is -1.92. The molecule has 0 saturated carbocycles. The molecule has 1 rings (SSSR count). The van der Waals surface area contributed by atoms with Crippen molar-refractivity contribution in [2.45, 2.75) is 0 Å². The predicted molar refractivity (Wildman–Crippen MR) is 37.7 cm³/mol. The third-order valence-corrected chi connectivity index (χ3v) is 1.34. The fourth-order valence-electron chi connectivity index (χ4n) is 0.579. The van der Waals surface area contributed by atoms with Gasteiger partial charge in [-0.3, -0.25) is 0 Å². The molecule has 0 spiro atoms. The van der Waals surface area contributed by atoms with E-state index in [-0.39, 0.29) is 10.7 Å². The van der Waals surface area contributed by atoms with Crippen LogP contribution in [0.3, 0.4) is 0 Å². The summed E-state index contributed by atoms with van der Waals surface area (Å²) in [6.45, 7) is 6.51. The van der Waals surface area contributed by atoms with E-state index in [1.54, 1.807) is 6.07 Å². The second-order valence-electron chi connectivity index (χ2n) is 1.68. The van der Waals surface area contributed by atoms with Gasteiger partial charge in [-0.15, -0.1) is 0 Å². The maximum absolute atomic E-state index is 12.7. The molecule has 0 aliphatic rings. The van der Waals surface area contributed by atoms with Crippen molar-refractivity contribution in [1.82, 2.24) is 0 Å². The number of nitrogens with zero attached hydrogens (tertiary/aromatic N) is 1. The minimum Gasteiger partial charge on any atom is -0.235 e. The minimum absolute atomic E-state index is 0.00602. The Morgan fingerprint density at radius 1 is 1.50 bits per heavy atom. The van der Waals surface area contributed by atoms with Crippen molar-refractivity contribution < 1.29 is 4.39 Å². The molecule has 0 aromatic heterocycles. The normalized spacial score (nSPS) is 8.90. The first-order valence-electron chi connectivity index (χ1n) is 2.57. The van der Waals surface area contributed by atoms with E-state index < -0.39 is 5.82 Å². The van der Waals surface area contributed by atoms with E-state index in [0.717, 1.165) is 0 Å². The Bertz CT molecular complexity index is 290. The highest BCUT2D eigenvalue weighted by atomic mass is 35.5. The zero-order valence-corrected chi connectivity index (χ0v) is 5.69. The summed E-state index contributed by atoms with van der Waals surface area (Å²) in [7, 11) is 0. The molecule has 0 bridgehead atoms. The molecule has 0 unspecified atom stereocenters. The molecule has 1 nitrogen and oxygen atoms in total. The highest BCUT2D eigenvalue weighted by Gasteiger charge is 2.03. The molecule has 50 valence electrons. The first-order valence-corrected chi connectivity index (χ1v) is 2.95. The molecular formula is C7H3ClFN. The van der Waals surface area contributed by atoms with Gasteiger partial charge in [0.25, 0.3) is 0 Å². The van der Waals surface area contributed by atoms with Crippen LogP contribution in [0.25, 0.3) is 4.85 Å². The molecule has 0 radical (unpaired) electrons. The number of benzene rings is 1. The highest BCUT2D eigenvalue weighted by molar-refractivity contribution is 6.31. The van der Waals surface area contributed by atoms with Crippen molar-refractivity contribution >= 4 is 17.3 Å². The lowest BCUT2D eigenvalue weighted by Crippen LogP contribution is -1.73. The van der Waals surface area contributed by atoms with Gasteiger partial charge in [0.15, 0.2) is 0 Å². The molecular weight excluding hydrogens is 153 g/mol. The van der Waals surface area contributed by atoms with Crippen LogP contribution in [-0.2, 0) is 0 Å². The van der Waals surface area contributed by atoms with Crippen LogP contribution in [0.15, 0.2) is 18.2 Å². The van der Waals surface area contributed by atoms with Gasteiger partial charge in [-0.2, -0.15) is 0 Å². The van der Waals surface area contributed by atoms with Gasteiger partial charge in [0.1, 0.15) is 5.82 Å². The van der Waals surface area contributed by atoms with Crippen LogP contribution in [0.4, 0.5) is 10.1 Å². The van der Waals surface area contributed by atoms with Gasteiger partial charge in [0, 0.05) is 0 Å². The van der Waals surface area contributed by atoms with Crippen LogP contribution < -0.4 is 0 Å². The molecule has 0 aliphatic heterocycles. The largest absolute Gasteiger partial charge is 0.235 e. The van der Waals surface area contributed by atoms with Crippen LogP contribution in [-0.4, -0.2) is 0 Å². The molecule has 0 saturated heterocycles. The van der Waals surface area contributed by atoms with Crippen molar-refractivity contribution in [2.24, 2.45) is 0 Å². The number of hydrogen-bond acceptors (Lipinski definition) is 0. The number of rotatable bonds is 0. The van der Waals surface area contributed by atoms with Gasteiger partial charge in [0.2, 0.25) is 5.69 Å². The fraction of sp³-hybridized carbons (Fsp3) is 0. The van der Waals surface area contributed by atoms with Crippen LogP contribution in [0, 0.1) is 12.4 Å². The van der Waals surface area contributed by atoms with Crippen molar-refractivity contribution in [3.05, 3.63) is 40.5 Å². The molecule has 0 fully saturated rings. The van der Waals surface area contributed by atoms with Gasteiger partial charge in [-0.1, -0.05) is 23.7 Å².